The summed E-state index contributed by atoms with van der Waals surface area (Å²) in [6.45, 7) is 9.79. The summed E-state index contributed by atoms with van der Waals surface area (Å²) in [4.78, 5) is 4.76. The lowest BCUT2D eigenvalue weighted by Gasteiger charge is -2.36. The van der Waals surface area contributed by atoms with Gasteiger partial charge in [-0.05, 0) is 44.6 Å². The molecule has 0 bridgehead atoms. The molecule has 0 aliphatic carbocycles. The van der Waals surface area contributed by atoms with Gasteiger partial charge in [-0.3, -0.25) is 4.90 Å². The number of rotatable bonds is 8. The first-order valence-electron chi connectivity index (χ1n) is 7.71. The van der Waals surface area contributed by atoms with Crippen molar-refractivity contribution in [3.63, 3.8) is 0 Å². The maximum absolute atomic E-state index is 6.32. The van der Waals surface area contributed by atoms with E-state index in [-0.39, 0.29) is 12.1 Å². The Hall–Kier alpha value is -0.420. The number of likely N-dealkylation sites (N-methyl/N-ethyl adjacent to an activating group) is 1. The molecule has 0 spiro atoms. The lowest BCUT2D eigenvalue weighted by atomic mass is 9.98. The number of hydrogen-bond donors (Lipinski definition) is 1. The largest absolute Gasteiger partial charge is 0.326 e. The highest BCUT2D eigenvalue weighted by atomic mass is 79.9. The Kier molecular flexibility index (Phi) is 7.88. The molecule has 0 aliphatic heterocycles. The minimum Gasteiger partial charge on any atom is -0.326 e. The van der Waals surface area contributed by atoms with Crippen molar-refractivity contribution in [2.75, 3.05) is 33.7 Å². The second-order valence-corrected chi connectivity index (χ2v) is 7.46. The van der Waals surface area contributed by atoms with Crippen molar-refractivity contribution in [2.24, 2.45) is 11.7 Å². The van der Waals surface area contributed by atoms with Gasteiger partial charge in [0.25, 0.3) is 0 Å². The van der Waals surface area contributed by atoms with E-state index in [0.717, 1.165) is 24.1 Å². The SMILES string of the molecule is CC(C)CN(CCN(C)C)C(c1ccc(Br)cc1)C(C)N. The third-order valence-electron chi connectivity index (χ3n) is 3.54. The molecule has 1 aromatic carbocycles. The fraction of sp³-hybridized carbons (Fsp3) is 0.647. The van der Waals surface area contributed by atoms with Crippen LogP contribution in [0.5, 0.6) is 0 Å². The van der Waals surface area contributed by atoms with Crippen molar-refractivity contribution in [2.45, 2.75) is 32.9 Å². The van der Waals surface area contributed by atoms with Crippen LogP contribution in [-0.2, 0) is 0 Å². The first kappa shape index (κ1) is 18.6. The molecule has 0 fully saturated rings. The van der Waals surface area contributed by atoms with Gasteiger partial charge in [0.15, 0.2) is 0 Å². The predicted octanol–water partition coefficient (Wildman–Crippen LogP) is 3.36. The van der Waals surface area contributed by atoms with Gasteiger partial charge in [0.2, 0.25) is 0 Å². The minimum absolute atomic E-state index is 0.104. The summed E-state index contributed by atoms with van der Waals surface area (Å²) in [6, 6.07) is 8.93. The third-order valence-corrected chi connectivity index (χ3v) is 4.07. The Morgan fingerprint density at radius 3 is 2.05 bits per heavy atom. The van der Waals surface area contributed by atoms with E-state index in [0.29, 0.717) is 5.92 Å². The second kappa shape index (κ2) is 8.89. The summed E-state index contributed by atoms with van der Waals surface area (Å²) in [5.41, 5.74) is 7.62. The number of benzene rings is 1. The fourth-order valence-electron chi connectivity index (χ4n) is 2.65. The average Bonchev–Trinajstić information content (AvgIpc) is 2.37. The van der Waals surface area contributed by atoms with Crippen molar-refractivity contribution < 1.29 is 0 Å². The molecule has 2 unspecified atom stereocenters. The van der Waals surface area contributed by atoms with Crippen LogP contribution in [0.4, 0.5) is 0 Å². The molecule has 0 saturated carbocycles. The zero-order valence-corrected chi connectivity index (χ0v) is 15.6. The van der Waals surface area contributed by atoms with Crippen LogP contribution >= 0.6 is 15.9 Å². The molecular weight excluding hydrogens is 326 g/mol. The quantitative estimate of drug-likeness (QED) is 0.775. The molecule has 0 amide bonds. The van der Waals surface area contributed by atoms with Crippen LogP contribution < -0.4 is 5.73 Å². The molecule has 0 heterocycles. The van der Waals surface area contributed by atoms with E-state index < -0.39 is 0 Å². The van der Waals surface area contributed by atoms with Gasteiger partial charge in [-0.2, -0.15) is 0 Å². The molecule has 0 saturated heterocycles. The van der Waals surface area contributed by atoms with Crippen LogP contribution in [-0.4, -0.2) is 49.6 Å². The molecule has 1 aromatic rings. The Morgan fingerprint density at radius 1 is 1.05 bits per heavy atom. The van der Waals surface area contributed by atoms with Crippen molar-refractivity contribution in [1.82, 2.24) is 9.80 Å². The van der Waals surface area contributed by atoms with Crippen molar-refractivity contribution in [1.29, 1.82) is 0 Å². The summed E-state index contributed by atoms with van der Waals surface area (Å²) in [5, 5.41) is 0. The van der Waals surface area contributed by atoms with E-state index in [1.54, 1.807) is 0 Å². The van der Waals surface area contributed by atoms with Crippen LogP contribution in [0, 0.1) is 5.92 Å². The van der Waals surface area contributed by atoms with Gasteiger partial charge >= 0.3 is 0 Å². The van der Waals surface area contributed by atoms with E-state index in [1.165, 1.54) is 5.56 Å². The van der Waals surface area contributed by atoms with E-state index >= 15 is 0 Å². The zero-order valence-electron chi connectivity index (χ0n) is 14.0. The van der Waals surface area contributed by atoms with E-state index in [9.17, 15) is 0 Å². The van der Waals surface area contributed by atoms with Gasteiger partial charge in [-0.15, -0.1) is 0 Å². The molecule has 21 heavy (non-hydrogen) atoms. The molecule has 3 nitrogen and oxygen atoms in total. The van der Waals surface area contributed by atoms with Gasteiger partial charge in [0, 0.05) is 36.2 Å². The Labute approximate surface area is 138 Å². The molecule has 4 heteroatoms. The van der Waals surface area contributed by atoms with Crippen LogP contribution in [0.15, 0.2) is 28.7 Å². The van der Waals surface area contributed by atoms with Gasteiger partial charge < -0.3 is 10.6 Å². The topological polar surface area (TPSA) is 32.5 Å². The predicted molar refractivity (Wildman–Crippen MR) is 95.5 cm³/mol. The maximum Gasteiger partial charge on any atom is 0.0497 e. The van der Waals surface area contributed by atoms with E-state index in [1.807, 2.05) is 0 Å². The number of nitrogens with zero attached hydrogens (tertiary/aromatic N) is 2. The van der Waals surface area contributed by atoms with Gasteiger partial charge in [0.1, 0.15) is 0 Å². The lowest BCUT2D eigenvalue weighted by Crippen LogP contribution is -2.44. The lowest BCUT2D eigenvalue weighted by molar-refractivity contribution is 0.144. The van der Waals surface area contributed by atoms with Gasteiger partial charge in [0.05, 0.1) is 0 Å². The molecule has 0 radical (unpaired) electrons. The van der Waals surface area contributed by atoms with Crippen LogP contribution in [0.25, 0.3) is 0 Å². The normalized spacial score (nSPS) is 15.0. The highest BCUT2D eigenvalue weighted by Gasteiger charge is 2.24. The summed E-state index contributed by atoms with van der Waals surface area (Å²) in [7, 11) is 4.24. The monoisotopic (exact) mass is 355 g/mol. The molecule has 120 valence electrons. The second-order valence-electron chi connectivity index (χ2n) is 6.55. The van der Waals surface area contributed by atoms with E-state index in [4.69, 9.17) is 5.73 Å². The zero-order chi connectivity index (χ0) is 16.0. The van der Waals surface area contributed by atoms with Crippen LogP contribution in [0.1, 0.15) is 32.4 Å². The molecule has 2 N–H and O–H groups in total. The van der Waals surface area contributed by atoms with Crippen molar-refractivity contribution in [3.8, 4) is 0 Å². The van der Waals surface area contributed by atoms with Crippen LogP contribution in [0.2, 0.25) is 0 Å². The smallest absolute Gasteiger partial charge is 0.0497 e. The van der Waals surface area contributed by atoms with Crippen molar-refractivity contribution in [3.05, 3.63) is 34.3 Å². The molecule has 0 aliphatic rings. The summed E-state index contributed by atoms with van der Waals surface area (Å²) < 4.78 is 1.11. The molecular formula is C17H30BrN3. The highest BCUT2D eigenvalue weighted by molar-refractivity contribution is 9.10. The summed E-state index contributed by atoms with van der Waals surface area (Å²) in [5.74, 6) is 0.629. The molecule has 1 rings (SSSR count). The number of hydrogen-bond acceptors (Lipinski definition) is 3. The maximum atomic E-state index is 6.32. The van der Waals surface area contributed by atoms with E-state index in [2.05, 4.69) is 84.9 Å². The first-order valence-corrected chi connectivity index (χ1v) is 8.50. The molecule has 2 atom stereocenters. The Balaban J connectivity index is 2.97. The van der Waals surface area contributed by atoms with Gasteiger partial charge in [-0.25, -0.2) is 0 Å². The van der Waals surface area contributed by atoms with Gasteiger partial charge in [-0.1, -0.05) is 41.9 Å². The number of nitrogens with two attached hydrogens (primary N) is 1. The minimum atomic E-state index is 0.104. The van der Waals surface area contributed by atoms with Crippen LogP contribution in [0.3, 0.4) is 0 Å². The molecule has 0 aromatic heterocycles. The standard InChI is InChI=1S/C17H30BrN3/c1-13(2)12-21(11-10-20(4)5)17(14(3)19)15-6-8-16(18)9-7-15/h6-9,13-14,17H,10-12,19H2,1-5H3. The Bertz CT molecular complexity index is 401. The fourth-order valence-corrected chi connectivity index (χ4v) is 2.91. The third kappa shape index (κ3) is 6.47. The average molecular weight is 356 g/mol. The summed E-state index contributed by atoms with van der Waals surface area (Å²) >= 11 is 3.51. The van der Waals surface area contributed by atoms with Crippen molar-refractivity contribution >= 4 is 15.9 Å². The first-order chi connectivity index (χ1) is 9.81. The highest BCUT2D eigenvalue weighted by Crippen LogP contribution is 2.26. The Morgan fingerprint density at radius 2 is 1.62 bits per heavy atom. The summed E-state index contributed by atoms with van der Waals surface area (Å²) in [6.07, 6.45) is 0. The number of halogens is 1.